The van der Waals surface area contributed by atoms with Crippen molar-refractivity contribution >= 4 is 5.91 Å². The Kier molecular flexibility index (Phi) is 4.91. The van der Waals surface area contributed by atoms with Gasteiger partial charge in [0.2, 0.25) is 5.91 Å². The molecule has 0 unspecified atom stereocenters. The van der Waals surface area contributed by atoms with Crippen LogP contribution >= 0.6 is 0 Å². The van der Waals surface area contributed by atoms with E-state index in [2.05, 4.69) is 50.4 Å². The van der Waals surface area contributed by atoms with Gasteiger partial charge in [0, 0.05) is 19.0 Å². The Labute approximate surface area is 110 Å². The van der Waals surface area contributed by atoms with Gasteiger partial charge in [-0.2, -0.15) is 0 Å². The molecular weight excluding hydrogens is 224 g/mol. The van der Waals surface area contributed by atoms with Crippen LogP contribution in [0.2, 0.25) is 0 Å². The molecule has 0 aliphatic heterocycles. The summed E-state index contributed by atoms with van der Waals surface area (Å²) in [6, 6.07) is 8.52. The summed E-state index contributed by atoms with van der Waals surface area (Å²) in [5.74, 6) is 0.123. The predicted molar refractivity (Wildman–Crippen MR) is 75.8 cm³/mol. The van der Waals surface area contributed by atoms with Crippen molar-refractivity contribution in [1.29, 1.82) is 0 Å². The Morgan fingerprint density at radius 3 is 2.33 bits per heavy atom. The van der Waals surface area contributed by atoms with E-state index < -0.39 is 0 Å². The predicted octanol–water partition coefficient (Wildman–Crippen LogP) is 1.95. The van der Waals surface area contributed by atoms with Crippen molar-refractivity contribution in [2.24, 2.45) is 0 Å². The molecule has 0 atom stereocenters. The summed E-state index contributed by atoms with van der Waals surface area (Å²) >= 11 is 0. The van der Waals surface area contributed by atoms with Crippen molar-refractivity contribution in [3.63, 3.8) is 0 Å². The van der Waals surface area contributed by atoms with E-state index in [9.17, 15) is 4.79 Å². The van der Waals surface area contributed by atoms with E-state index >= 15 is 0 Å². The Balaban J connectivity index is 2.75. The molecular formula is C15H24N2O. The monoisotopic (exact) mass is 248 g/mol. The molecule has 0 saturated heterocycles. The van der Waals surface area contributed by atoms with E-state index in [-0.39, 0.29) is 11.3 Å². The first kappa shape index (κ1) is 14.7. The van der Waals surface area contributed by atoms with Crippen LogP contribution in [0.5, 0.6) is 0 Å². The lowest BCUT2D eigenvalue weighted by atomic mass is 9.84. The summed E-state index contributed by atoms with van der Waals surface area (Å²) < 4.78 is 0. The average molecular weight is 248 g/mol. The van der Waals surface area contributed by atoms with Crippen LogP contribution in [-0.2, 0) is 10.2 Å². The fraction of sp³-hybridized carbons (Fsp3) is 0.533. The number of hydrogen-bond acceptors (Lipinski definition) is 2. The topological polar surface area (TPSA) is 32.3 Å². The first-order chi connectivity index (χ1) is 8.36. The zero-order valence-electron chi connectivity index (χ0n) is 12.1. The molecule has 0 heterocycles. The third-order valence-corrected chi connectivity index (χ3v) is 3.22. The second-order valence-electron chi connectivity index (χ2n) is 5.53. The quantitative estimate of drug-likeness (QED) is 0.864. The lowest BCUT2D eigenvalue weighted by molar-refractivity contribution is -0.129. The second-order valence-corrected chi connectivity index (χ2v) is 5.53. The molecule has 0 spiro atoms. The van der Waals surface area contributed by atoms with Gasteiger partial charge in [-0.3, -0.25) is 4.79 Å². The van der Waals surface area contributed by atoms with Crippen LogP contribution < -0.4 is 5.32 Å². The van der Waals surface area contributed by atoms with Crippen molar-refractivity contribution in [3.8, 4) is 0 Å². The number of nitrogens with one attached hydrogen (secondary N) is 1. The largest absolute Gasteiger partial charge is 0.344 e. The maximum atomic E-state index is 11.8. The molecule has 0 aliphatic rings. The number of benzene rings is 1. The van der Waals surface area contributed by atoms with E-state index in [1.165, 1.54) is 11.1 Å². The van der Waals surface area contributed by atoms with Gasteiger partial charge in [0.25, 0.3) is 0 Å². The molecule has 0 aliphatic carbocycles. The maximum Gasteiger partial charge on any atom is 0.236 e. The van der Waals surface area contributed by atoms with Crippen molar-refractivity contribution < 1.29 is 4.79 Å². The maximum absolute atomic E-state index is 11.8. The van der Waals surface area contributed by atoms with Crippen molar-refractivity contribution in [3.05, 3.63) is 35.4 Å². The normalized spacial score (nSPS) is 11.4. The summed E-state index contributed by atoms with van der Waals surface area (Å²) in [7, 11) is 3.65. The van der Waals surface area contributed by atoms with E-state index in [0.717, 1.165) is 6.54 Å². The molecule has 0 radical (unpaired) electrons. The highest BCUT2D eigenvalue weighted by molar-refractivity contribution is 5.78. The molecule has 1 aromatic rings. The molecule has 1 aromatic carbocycles. The zero-order chi connectivity index (χ0) is 13.8. The molecule has 0 bridgehead atoms. The number of rotatable bonds is 5. The Hall–Kier alpha value is -1.35. The lowest BCUT2D eigenvalue weighted by Crippen LogP contribution is -2.41. The number of hydrogen-bond donors (Lipinski definition) is 1. The molecule has 100 valence electrons. The van der Waals surface area contributed by atoms with Gasteiger partial charge in [-0.25, -0.2) is 0 Å². The van der Waals surface area contributed by atoms with Gasteiger partial charge in [-0.05, 0) is 19.5 Å². The summed E-state index contributed by atoms with van der Waals surface area (Å²) in [6.07, 6.45) is 0. The zero-order valence-corrected chi connectivity index (χ0v) is 12.1. The summed E-state index contributed by atoms with van der Waals surface area (Å²) in [5.41, 5.74) is 2.48. The van der Waals surface area contributed by atoms with Crippen LogP contribution in [0.25, 0.3) is 0 Å². The Bertz CT molecular complexity index is 395. The van der Waals surface area contributed by atoms with Crippen LogP contribution in [0, 0.1) is 6.92 Å². The molecule has 1 amide bonds. The summed E-state index contributed by atoms with van der Waals surface area (Å²) in [4.78, 5) is 13.6. The van der Waals surface area contributed by atoms with Crippen molar-refractivity contribution in [2.75, 3.05) is 27.2 Å². The van der Waals surface area contributed by atoms with Crippen LogP contribution in [0.4, 0.5) is 0 Å². The number of aryl methyl sites for hydroxylation is 1. The van der Waals surface area contributed by atoms with Crippen LogP contribution in [-0.4, -0.2) is 38.0 Å². The minimum atomic E-state index is -0.0359. The van der Waals surface area contributed by atoms with Gasteiger partial charge in [0.15, 0.2) is 0 Å². The summed E-state index contributed by atoms with van der Waals surface area (Å²) in [6.45, 7) is 7.53. The first-order valence-corrected chi connectivity index (χ1v) is 6.32. The minimum Gasteiger partial charge on any atom is -0.344 e. The third kappa shape index (κ3) is 3.84. The lowest BCUT2D eigenvalue weighted by Gasteiger charge is -2.31. The van der Waals surface area contributed by atoms with E-state index in [1.54, 1.807) is 11.9 Å². The highest BCUT2D eigenvalue weighted by atomic mass is 16.2. The first-order valence-electron chi connectivity index (χ1n) is 6.32. The van der Waals surface area contributed by atoms with E-state index in [4.69, 9.17) is 0 Å². The molecule has 0 aromatic heterocycles. The molecule has 0 fully saturated rings. The van der Waals surface area contributed by atoms with Gasteiger partial charge in [0.1, 0.15) is 0 Å². The number of nitrogens with zero attached hydrogens (tertiary/aromatic N) is 1. The fourth-order valence-electron chi connectivity index (χ4n) is 2.06. The van der Waals surface area contributed by atoms with Crippen LogP contribution in [0.3, 0.4) is 0 Å². The highest BCUT2D eigenvalue weighted by Gasteiger charge is 2.24. The van der Waals surface area contributed by atoms with E-state index in [0.29, 0.717) is 6.54 Å². The molecule has 3 heteroatoms. The van der Waals surface area contributed by atoms with Gasteiger partial charge in [-0.1, -0.05) is 43.7 Å². The van der Waals surface area contributed by atoms with E-state index in [1.807, 2.05) is 7.05 Å². The van der Waals surface area contributed by atoms with Gasteiger partial charge < -0.3 is 10.2 Å². The minimum absolute atomic E-state index is 0.0359. The Morgan fingerprint density at radius 2 is 1.83 bits per heavy atom. The number of amides is 1. The molecule has 0 saturated carbocycles. The molecule has 18 heavy (non-hydrogen) atoms. The highest BCUT2D eigenvalue weighted by Crippen LogP contribution is 2.24. The molecule has 1 N–H and O–H groups in total. The third-order valence-electron chi connectivity index (χ3n) is 3.22. The van der Waals surface area contributed by atoms with Gasteiger partial charge in [-0.15, -0.1) is 0 Å². The van der Waals surface area contributed by atoms with Crippen LogP contribution in [0.1, 0.15) is 25.0 Å². The number of carbonyl (C=O) groups excluding carboxylic acids is 1. The fourth-order valence-corrected chi connectivity index (χ4v) is 2.06. The molecule has 3 nitrogen and oxygen atoms in total. The second kappa shape index (κ2) is 6.01. The van der Waals surface area contributed by atoms with Crippen molar-refractivity contribution in [2.45, 2.75) is 26.2 Å². The van der Waals surface area contributed by atoms with Crippen molar-refractivity contribution in [1.82, 2.24) is 10.2 Å². The van der Waals surface area contributed by atoms with Crippen LogP contribution in [0.15, 0.2) is 24.3 Å². The van der Waals surface area contributed by atoms with Gasteiger partial charge in [0.05, 0.1) is 6.54 Å². The number of carbonyl (C=O) groups is 1. The average Bonchev–Trinajstić information content (AvgIpc) is 2.29. The SMILES string of the molecule is CNCC(=O)N(C)CC(C)(C)c1ccc(C)cc1. The summed E-state index contributed by atoms with van der Waals surface area (Å²) in [5, 5.41) is 2.89. The van der Waals surface area contributed by atoms with Gasteiger partial charge >= 0.3 is 0 Å². The standard InChI is InChI=1S/C15H24N2O/c1-12-6-8-13(9-7-12)15(2,3)11-17(5)14(18)10-16-4/h6-9,16H,10-11H2,1-5H3. The molecule has 1 rings (SSSR count). The number of likely N-dealkylation sites (N-methyl/N-ethyl adjacent to an activating group) is 2. The Morgan fingerprint density at radius 1 is 1.28 bits per heavy atom. The smallest absolute Gasteiger partial charge is 0.236 e.